The molecular weight excluding hydrogens is 996 g/mol. The second-order valence-electron chi connectivity index (χ2n) is 15.8. The molecule has 0 unspecified atom stereocenters. The van der Waals surface area contributed by atoms with E-state index in [4.69, 9.17) is 0 Å². The Labute approximate surface area is 398 Å². The van der Waals surface area contributed by atoms with Crippen LogP contribution in [0.4, 0.5) is 11.4 Å². The summed E-state index contributed by atoms with van der Waals surface area (Å²) in [6.07, 6.45) is 22.6. The first-order valence-corrected chi connectivity index (χ1v) is 20.2. The second kappa shape index (κ2) is 16.7. The number of fused-ring (bicyclic) bond motifs is 6. The van der Waals surface area contributed by atoms with Crippen molar-refractivity contribution in [3.63, 3.8) is 0 Å². The van der Waals surface area contributed by atoms with E-state index in [0.717, 1.165) is 0 Å². The van der Waals surface area contributed by atoms with E-state index in [-0.39, 0.29) is 124 Å². The van der Waals surface area contributed by atoms with E-state index in [2.05, 4.69) is 20.0 Å². The van der Waals surface area contributed by atoms with Gasteiger partial charge in [-0.2, -0.15) is 0 Å². The molecule has 11 rings (SSSR count). The van der Waals surface area contributed by atoms with Crippen LogP contribution in [0.5, 0.6) is 0 Å². The first-order chi connectivity index (χ1) is 31.4. The third-order valence-corrected chi connectivity index (χ3v) is 11.8. The Morgan fingerprint density at radius 3 is 1.28 bits per heavy atom. The molecule has 0 saturated heterocycles. The minimum Gasteiger partial charge on any atom is -0.346 e. The van der Waals surface area contributed by atoms with E-state index >= 15 is 0 Å². The molecule has 22 heteroatoms. The van der Waals surface area contributed by atoms with Gasteiger partial charge in [-0.3, -0.25) is 19.2 Å². The van der Waals surface area contributed by atoms with Crippen LogP contribution in [-0.4, -0.2) is 89.3 Å². The average molecular weight is 1030 g/mol. The van der Waals surface area contributed by atoms with Crippen molar-refractivity contribution in [3.8, 4) is 0 Å². The Kier molecular flexibility index (Phi) is 11.0. The van der Waals surface area contributed by atoms with Gasteiger partial charge in [-0.1, -0.05) is 24.3 Å². The molecule has 9 aliphatic rings. The molecule has 6 heterocycles. The lowest BCUT2D eigenvalue weighted by atomic mass is 10.1. The van der Waals surface area contributed by atoms with Gasteiger partial charge in [-0.15, -0.1) is 34.0 Å². The van der Waals surface area contributed by atoms with Gasteiger partial charge in [-0.05, 0) is 24.3 Å². The van der Waals surface area contributed by atoms with Crippen molar-refractivity contribution in [1.82, 2.24) is 4.57 Å². The van der Waals surface area contributed by atoms with Crippen molar-refractivity contribution in [3.05, 3.63) is 181 Å². The van der Waals surface area contributed by atoms with E-state index in [1.54, 1.807) is 0 Å². The Hall–Kier alpha value is -8.11. The minimum atomic E-state index is -0.418. The lowest BCUT2D eigenvalue weighted by molar-refractivity contribution is -0.671. The van der Waals surface area contributed by atoms with Crippen LogP contribution in [-0.2, 0) is 32.3 Å². The zero-order valence-corrected chi connectivity index (χ0v) is 38.3. The normalized spacial score (nSPS) is 20.1. The summed E-state index contributed by atoms with van der Waals surface area (Å²) in [6, 6.07) is 3.80. The lowest BCUT2D eigenvalue weighted by Crippen LogP contribution is -2.39. The molecule has 4 aliphatic carbocycles. The number of anilines is 2. The number of nitrogens with zero attached hydrogens (tertiary/aromatic N) is 12. The van der Waals surface area contributed by atoms with E-state index in [1.165, 1.54) is 97.7 Å². The predicted molar refractivity (Wildman–Crippen MR) is 253 cm³/mol. The standard InChI is InChI=1S/C45H31N12O8.2BrH/c1-25-52(18-28-22-56(64)32-8-4-12-40(60)44(32)48-28)36-14-34-35(15-37(36)53(25)19-29-23-57(65)33-9-5-13-41(61)45(33)49-29)51(17-27-21-55(63)31-7-3-11-39(59)43(31)47-27)24-50(34)16-26-20-54(62)30-6-2-10-38(58)42(30)46-26;;/h2-15,20-23H,16-19,24H2,1H3;2*1H/q+5;;. The number of rotatable bonds is 8. The molecule has 1 aromatic heterocycles. The summed E-state index contributed by atoms with van der Waals surface area (Å²) in [7, 11) is 0. The quantitative estimate of drug-likeness (QED) is 0.269. The summed E-state index contributed by atoms with van der Waals surface area (Å²) < 4.78 is 6.21. The molecule has 67 heavy (non-hydrogen) atoms. The Balaban J connectivity index is 0.00000281. The Morgan fingerprint density at radius 2 is 0.866 bits per heavy atom. The van der Waals surface area contributed by atoms with Crippen LogP contribution in [0.25, 0.3) is 11.0 Å². The number of allylic oxidation sites excluding steroid dienone is 18. The smallest absolute Gasteiger partial charge is 0.292 e. The maximum atomic E-state index is 13.3. The van der Waals surface area contributed by atoms with Gasteiger partial charge < -0.3 is 9.80 Å². The number of carbonyl (C=O) groups excluding carboxylic acids is 4. The number of hydrogen-bond donors (Lipinski definition) is 0. The van der Waals surface area contributed by atoms with Gasteiger partial charge in [0.15, 0.2) is 45.3 Å². The molecule has 0 radical (unpaired) electrons. The average Bonchev–Trinajstić information content (AvgIpc) is 3.72. The van der Waals surface area contributed by atoms with Crippen molar-refractivity contribution >= 4 is 102 Å². The van der Waals surface area contributed by atoms with E-state index in [9.17, 15) is 38.8 Å². The number of aromatic nitrogens is 2. The topological polar surface area (TPSA) is 213 Å². The van der Waals surface area contributed by atoms with Crippen molar-refractivity contribution in [2.24, 2.45) is 20.0 Å². The number of ketones is 4. The molecule has 1 aromatic carbocycles. The van der Waals surface area contributed by atoms with Crippen LogP contribution < -0.4 is 14.4 Å². The van der Waals surface area contributed by atoms with Crippen LogP contribution >= 0.6 is 34.0 Å². The lowest BCUT2D eigenvalue weighted by Gasteiger charge is -2.22. The van der Waals surface area contributed by atoms with Crippen LogP contribution in [0.1, 0.15) is 5.82 Å². The molecule has 0 amide bonds. The highest BCUT2D eigenvalue weighted by Gasteiger charge is 2.41. The van der Waals surface area contributed by atoms with Gasteiger partial charge in [0.05, 0.1) is 50.2 Å². The molecule has 0 bridgehead atoms. The summed E-state index contributed by atoms with van der Waals surface area (Å²) in [5, 5.41) is 0. The maximum absolute atomic E-state index is 13.3. The van der Waals surface area contributed by atoms with Crippen molar-refractivity contribution in [1.29, 1.82) is 0 Å². The fourth-order valence-electron chi connectivity index (χ4n) is 8.75. The van der Waals surface area contributed by atoms with E-state index in [1.807, 2.05) is 38.0 Å². The Morgan fingerprint density at radius 1 is 0.507 bits per heavy atom. The number of benzene rings is 1. The molecule has 0 atom stereocenters. The monoisotopic (exact) mass is 1030 g/mol. The zero-order chi connectivity index (χ0) is 44.8. The third kappa shape index (κ3) is 7.44. The highest BCUT2D eigenvalue weighted by Crippen LogP contribution is 2.41. The van der Waals surface area contributed by atoms with E-state index < -0.39 is 23.1 Å². The van der Waals surface area contributed by atoms with Gasteiger partial charge in [0.2, 0.25) is 23.1 Å². The highest BCUT2D eigenvalue weighted by atomic mass is 79.9. The number of halogens is 2. The molecular formula is C45H33Br2N12O8+5. The number of imidazole rings is 1. The van der Waals surface area contributed by atoms with Crippen LogP contribution in [0, 0.1) is 26.6 Å². The minimum absolute atomic E-state index is 0. The molecule has 0 spiro atoms. The van der Waals surface area contributed by atoms with Gasteiger partial charge >= 0.3 is 0 Å². The molecule has 330 valence electrons. The summed E-state index contributed by atoms with van der Waals surface area (Å²) in [4.78, 5) is 127. The van der Waals surface area contributed by atoms with E-state index in [0.29, 0.717) is 58.7 Å². The van der Waals surface area contributed by atoms with Gasteiger partial charge in [0.25, 0.3) is 53.4 Å². The van der Waals surface area contributed by atoms with Crippen LogP contribution in [0.3, 0.4) is 0 Å². The number of carbonyl (C=O) groups is 4. The van der Waals surface area contributed by atoms with Crippen molar-refractivity contribution in [2.45, 2.75) is 20.0 Å². The second-order valence-corrected chi connectivity index (χ2v) is 15.8. The van der Waals surface area contributed by atoms with Gasteiger partial charge in [0.1, 0.15) is 24.5 Å². The predicted octanol–water partition coefficient (Wildman–Crippen LogP) is 4.37. The molecule has 0 N–H and O–H groups in total. The SMILES string of the molecule is Br.Br.Cc1n(CC2=C[N+](=O)C3=CC=CC(=O)C3=N2)c2cc3c(cc2[n+]1CC1=C[N+](=O)C2=CC=CC(=O)C2=N1)N(CC1=C[N+](=O)C2=CC=CC(=O)C2=N1)CN3CC1=C[N+](=O)C2=CC=CC(=O)C2=N1. The highest BCUT2D eigenvalue weighted by molar-refractivity contribution is 8.93. The summed E-state index contributed by atoms with van der Waals surface area (Å²) in [5.41, 5.74) is 4.16. The van der Waals surface area contributed by atoms with Gasteiger partial charge in [0, 0.05) is 63.0 Å². The molecule has 5 aliphatic heterocycles. The maximum Gasteiger partial charge on any atom is 0.292 e. The third-order valence-electron chi connectivity index (χ3n) is 11.8. The van der Waals surface area contributed by atoms with Crippen molar-refractivity contribution in [2.75, 3.05) is 29.6 Å². The molecule has 2 aromatic rings. The van der Waals surface area contributed by atoms with Crippen molar-refractivity contribution < 1.29 is 42.8 Å². The largest absolute Gasteiger partial charge is 0.346 e. The molecule has 0 fully saturated rings. The first kappa shape index (κ1) is 44.1. The summed E-state index contributed by atoms with van der Waals surface area (Å²) in [5.74, 6) is -1.05. The fraction of sp³-hybridized carbons (Fsp3) is 0.133. The number of hydrogen-bond acceptors (Lipinski definition) is 14. The summed E-state index contributed by atoms with van der Waals surface area (Å²) >= 11 is 0. The van der Waals surface area contributed by atoms with Crippen LogP contribution in [0.15, 0.2) is 175 Å². The molecule has 20 nitrogen and oxygen atoms in total. The molecule has 0 saturated carbocycles. The van der Waals surface area contributed by atoms with Crippen LogP contribution in [0.2, 0.25) is 0 Å². The Bertz CT molecular complexity index is 3190. The summed E-state index contributed by atoms with van der Waals surface area (Å²) in [6.45, 7) is 2.12. The number of nitroso groups, excluding NO2 is 4. The number of aliphatic imine (C=N–C) groups is 4. The first-order valence-electron chi connectivity index (χ1n) is 20.2. The van der Waals surface area contributed by atoms with Gasteiger partial charge in [-0.25, -0.2) is 29.1 Å². The fourth-order valence-corrected chi connectivity index (χ4v) is 8.75. The zero-order valence-electron chi connectivity index (χ0n) is 34.9.